The van der Waals surface area contributed by atoms with E-state index >= 15 is 0 Å². The van der Waals surface area contributed by atoms with Crippen molar-refractivity contribution in [3.63, 3.8) is 0 Å². The Hall–Kier alpha value is -3.15. The molecule has 0 atom stereocenters. The summed E-state index contributed by atoms with van der Waals surface area (Å²) in [6.07, 6.45) is 3.84. The average Bonchev–Trinajstić information content (AvgIpc) is 2.98. The van der Waals surface area contributed by atoms with Crippen LogP contribution in [0, 0.1) is 6.92 Å². The molecule has 0 aliphatic carbocycles. The van der Waals surface area contributed by atoms with E-state index in [9.17, 15) is 9.59 Å². The van der Waals surface area contributed by atoms with Crippen LogP contribution in [0.2, 0.25) is 0 Å². The number of imidazole rings is 1. The summed E-state index contributed by atoms with van der Waals surface area (Å²) < 4.78 is 6.61. The molecule has 2 heterocycles. The van der Waals surface area contributed by atoms with Crippen molar-refractivity contribution in [2.24, 2.45) is 0 Å². The van der Waals surface area contributed by atoms with Crippen molar-refractivity contribution in [2.45, 2.75) is 13.3 Å². The Morgan fingerprint density at radius 2 is 2.00 bits per heavy atom. The lowest BCUT2D eigenvalue weighted by atomic mass is 10.1. The molecule has 0 saturated carbocycles. The SMILES string of the molecule is COC(=O)c1ccccc1NC(=O)Cc1cn2cccc(C)c2n1. The van der Waals surface area contributed by atoms with E-state index in [1.54, 1.807) is 24.3 Å². The highest BCUT2D eigenvalue weighted by Gasteiger charge is 2.14. The first-order chi connectivity index (χ1) is 11.6. The molecule has 1 amide bonds. The van der Waals surface area contributed by atoms with Gasteiger partial charge in [-0.2, -0.15) is 0 Å². The van der Waals surface area contributed by atoms with Crippen LogP contribution in [-0.2, 0) is 16.0 Å². The van der Waals surface area contributed by atoms with Gasteiger partial charge in [0.1, 0.15) is 5.65 Å². The highest BCUT2D eigenvalue weighted by atomic mass is 16.5. The molecule has 0 unspecified atom stereocenters. The molecule has 0 aliphatic heterocycles. The lowest BCUT2D eigenvalue weighted by molar-refractivity contribution is -0.115. The molecule has 3 rings (SSSR count). The summed E-state index contributed by atoms with van der Waals surface area (Å²) in [7, 11) is 1.31. The van der Waals surface area contributed by atoms with E-state index in [4.69, 9.17) is 4.74 Å². The van der Waals surface area contributed by atoms with E-state index in [2.05, 4.69) is 10.3 Å². The second-order valence-corrected chi connectivity index (χ2v) is 5.42. The van der Waals surface area contributed by atoms with Crippen molar-refractivity contribution in [1.29, 1.82) is 0 Å². The molecule has 0 saturated heterocycles. The number of hydrogen-bond donors (Lipinski definition) is 1. The number of pyridine rings is 1. The molecule has 6 heteroatoms. The van der Waals surface area contributed by atoms with Gasteiger partial charge in [0.25, 0.3) is 0 Å². The predicted octanol–water partition coefficient (Wildman–Crippen LogP) is 2.61. The van der Waals surface area contributed by atoms with Gasteiger partial charge >= 0.3 is 5.97 Å². The maximum atomic E-state index is 12.3. The number of hydrogen-bond acceptors (Lipinski definition) is 4. The van der Waals surface area contributed by atoms with Gasteiger partial charge in [-0.15, -0.1) is 0 Å². The summed E-state index contributed by atoms with van der Waals surface area (Å²) in [5.74, 6) is -0.735. The molecule has 0 radical (unpaired) electrons. The molecular weight excluding hydrogens is 306 g/mol. The normalized spacial score (nSPS) is 10.6. The summed E-state index contributed by atoms with van der Waals surface area (Å²) in [6.45, 7) is 1.97. The Morgan fingerprint density at radius 3 is 2.75 bits per heavy atom. The molecule has 0 fully saturated rings. The maximum Gasteiger partial charge on any atom is 0.339 e. The third kappa shape index (κ3) is 3.12. The van der Waals surface area contributed by atoms with Crippen LogP contribution in [0.25, 0.3) is 5.65 Å². The Kier molecular flexibility index (Phi) is 4.29. The van der Waals surface area contributed by atoms with Crippen LogP contribution in [0.5, 0.6) is 0 Å². The van der Waals surface area contributed by atoms with Crippen LogP contribution in [0.4, 0.5) is 5.69 Å². The Balaban J connectivity index is 1.78. The van der Waals surface area contributed by atoms with E-state index in [1.165, 1.54) is 7.11 Å². The molecular formula is C18H17N3O3. The highest BCUT2D eigenvalue weighted by Crippen LogP contribution is 2.17. The number of aromatic nitrogens is 2. The van der Waals surface area contributed by atoms with E-state index in [0.29, 0.717) is 16.9 Å². The van der Waals surface area contributed by atoms with Gasteiger partial charge in [0.05, 0.1) is 30.5 Å². The number of benzene rings is 1. The number of nitrogens with one attached hydrogen (secondary N) is 1. The smallest absolute Gasteiger partial charge is 0.339 e. The zero-order chi connectivity index (χ0) is 17.1. The maximum absolute atomic E-state index is 12.3. The largest absolute Gasteiger partial charge is 0.465 e. The topological polar surface area (TPSA) is 72.7 Å². The van der Waals surface area contributed by atoms with Crippen LogP contribution in [0.1, 0.15) is 21.6 Å². The molecule has 0 spiro atoms. The number of amides is 1. The van der Waals surface area contributed by atoms with Crippen molar-refractivity contribution in [3.05, 3.63) is 65.6 Å². The third-order valence-electron chi connectivity index (χ3n) is 3.68. The number of ether oxygens (including phenoxy) is 1. The number of para-hydroxylation sites is 1. The first kappa shape index (κ1) is 15.7. The number of nitrogens with zero attached hydrogens (tertiary/aromatic N) is 2. The Labute approximate surface area is 139 Å². The van der Waals surface area contributed by atoms with Crippen LogP contribution in [0.15, 0.2) is 48.8 Å². The third-order valence-corrected chi connectivity index (χ3v) is 3.68. The summed E-state index contributed by atoms with van der Waals surface area (Å²) in [6, 6.07) is 10.6. The number of esters is 1. The number of fused-ring (bicyclic) bond motifs is 1. The minimum Gasteiger partial charge on any atom is -0.465 e. The van der Waals surface area contributed by atoms with Crippen LogP contribution < -0.4 is 5.32 Å². The average molecular weight is 323 g/mol. The summed E-state index contributed by atoms with van der Waals surface area (Å²) >= 11 is 0. The van der Waals surface area contributed by atoms with Crippen molar-refractivity contribution in [2.75, 3.05) is 12.4 Å². The summed E-state index contributed by atoms with van der Waals surface area (Å²) in [5.41, 5.74) is 3.28. The fourth-order valence-corrected chi connectivity index (χ4v) is 2.53. The Bertz CT molecular complexity index is 915. The molecule has 2 aromatic heterocycles. The van der Waals surface area contributed by atoms with Crippen molar-refractivity contribution in [1.82, 2.24) is 9.38 Å². The molecule has 1 aromatic carbocycles. The van der Waals surface area contributed by atoms with Crippen LogP contribution >= 0.6 is 0 Å². The van der Waals surface area contributed by atoms with Crippen LogP contribution in [-0.4, -0.2) is 28.4 Å². The van der Waals surface area contributed by atoms with Gasteiger partial charge in [0.15, 0.2) is 0 Å². The van der Waals surface area contributed by atoms with E-state index in [0.717, 1.165) is 11.2 Å². The van der Waals surface area contributed by atoms with Gasteiger partial charge < -0.3 is 14.5 Å². The molecule has 6 nitrogen and oxygen atoms in total. The van der Waals surface area contributed by atoms with Gasteiger partial charge in [-0.1, -0.05) is 18.2 Å². The summed E-state index contributed by atoms with van der Waals surface area (Å²) in [5, 5.41) is 2.74. The number of rotatable bonds is 4. The summed E-state index contributed by atoms with van der Waals surface area (Å²) in [4.78, 5) is 28.5. The van der Waals surface area contributed by atoms with Gasteiger partial charge in [0.2, 0.25) is 5.91 Å². The minimum atomic E-state index is -0.491. The molecule has 3 aromatic rings. The Morgan fingerprint density at radius 1 is 1.21 bits per heavy atom. The number of anilines is 1. The van der Waals surface area contributed by atoms with Crippen molar-refractivity contribution >= 4 is 23.2 Å². The minimum absolute atomic E-state index is 0.122. The second kappa shape index (κ2) is 6.54. The standard InChI is InChI=1S/C18H17N3O3/c1-12-6-5-9-21-11-13(19-17(12)21)10-16(22)20-15-8-4-3-7-14(15)18(23)24-2/h3-9,11H,10H2,1-2H3,(H,20,22). The van der Waals surface area contributed by atoms with Gasteiger partial charge in [-0.3, -0.25) is 4.79 Å². The molecule has 122 valence electrons. The van der Waals surface area contributed by atoms with Gasteiger partial charge in [-0.05, 0) is 30.7 Å². The highest BCUT2D eigenvalue weighted by molar-refractivity contribution is 6.01. The number of methoxy groups -OCH3 is 1. The number of carbonyl (C=O) groups excluding carboxylic acids is 2. The first-order valence-corrected chi connectivity index (χ1v) is 7.49. The fraction of sp³-hybridized carbons (Fsp3) is 0.167. The zero-order valence-electron chi connectivity index (χ0n) is 13.4. The second-order valence-electron chi connectivity index (χ2n) is 5.42. The molecule has 0 aliphatic rings. The monoisotopic (exact) mass is 323 g/mol. The first-order valence-electron chi connectivity index (χ1n) is 7.49. The quantitative estimate of drug-likeness (QED) is 0.749. The molecule has 0 bridgehead atoms. The van der Waals surface area contributed by atoms with Gasteiger partial charge in [0, 0.05) is 12.4 Å². The lowest BCUT2D eigenvalue weighted by Crippen LogP contribution is -2.17. The predicted molar refractivity (Wildman–Crippen MR) is 90.0 cm³/mol. The number of aryl methyl sites for hydroxylation is 1. The van der Waals surface area contributed by atoms with Crippen LogP contribution in [0.3, 0.4) is 0 Å². The van der Waals surface area contributed by atoms with E-state index < -0.39 is 5.97 Å². The van der Waals surface area contributed by atoms with E-state index in [1.807, 2.05) is 35.9 Å². The fourth-order valence-electron chi connectivity index (χ4n) is 2.53. The van der Waals surface area contributed by atoms with Crippen molar-refractivity contribution in [3.8, 4) is 0 Å². The van der Waals surface area contributed by atoms with Gasteiger partial charge in [-0.25, -0.2) is 9.78 Å². The lowest BCUT2D eigenvalue weighted by Gasteiger charge is -2.08. The molecule has 1 N–H and O–H groups in total. The van der Waals surface area contributed by atoms with E-state index in [-0.39, 0.29) is 12.3 Å². The van der Waals surface area contributed by atoms with Crippen molar-refractivity contribution < 1.29 is 14.3 Å². The molecule has 24 heavy (non-hydrogen) atoms. The zero-order valence-corrected chi connectivity index (χ0v) is 13.4. The number of carbonyl (C=O) groups is 2.